The second-order valence-corrected chi connectivity index (χ2v) is 8.18. The molecule has 0 saturated carbocycles. The molecule has 0 aliphatic heterocycles. The van der Waals surface area contributed by atoms with Crippen molar-refractivity contribution >= 4 is 21.6 Å². The zero-order chi connectivity index (χ0) is 19.9. The molecule has 1 amide bonds. The number of ether oxygens (including phenoxy) is 1. The van der Waals surface area contributed by atoms with Crippen LogP contribution in [0.4, 0.5) is 5.69 Å². The Hall–Kier alpha value is -2.54. The van der Waals surface area contributed by atoms with E-state index < -0.39 is 16.1 Å². The highest BCUT2D eigenvalue weighted by Gasteiger charge is 2.29. The molecule has 0 saturated heterocycles. The number of sulfonamides is 1. The van der Waals surface area contributed by atoms with E-state index in [-0.39, 0.29) is 5.91 Å². The average Bonchev–Trinajstić information content (AvgIpc) is 2.65. The summed E-state index contributed by atoms with van der Waals surface area (Å²) in [6, 6.07) is 15.8. The van der Waals surface area contributed by atoms with E-state index in [9.17, 15) is 13.2 Å². The van der Waals surface area contributed by atoms with E-state index in [2.05, 4.69) is 5.32 Å². The van der Waals surface area contributed by atoms with Crippen molar-refractivity contribution in [2.75, 3.05) is 24.2 Å². The van der Waals surface area contributed by atoms with Crippen LogP contribution in [0.25, 0.3) is 0 Å². The first-order chi connectivity index (χ1) is 12.8. The molecule has 1 atom stereocenters. The lowest BCUT2D eigenvalue weighted by Crippen LogP contribution is -2.48. The molecule has 0 fully saturated rings. The molecular formula is C20H26N2O4S. The number of benzene rings is 2. The summed E-state index contributed by atoms with van der Waals surface area (Å²) in [6.45, 7) is 2.06. The number of amides is 1. The van der Waals surface area contributed by atoms with Crippen LogP contribution in [0.1, 0.15) is 18.9 Å². The van der Waals surface area contributed by atoms with Gasteiger partial charge in [0.25, 0.3) is 0 Å². The van der Waals surface area contributed by atoms with Gasteiger partial charge in [-0.25, -0.2) is 8.42 Å². The number of carbonyl (C=O) groups is 1. The van der Waals surface area contributed by atoms with Crippen molar-refractivity contribution in [3.8, 4) is 5.75 Å². The van der Waals surface area contributed by atoms with Gasteiger partial charge < -0.3 is 10.1 Å². The molecule has 0 unspecified atom stereocenters. The molecule has 2 aromatic rings. The number of anilines is 1. The third-order valence-corrected chi connectivity index (χ3v) is 5.42. The Morgan fingerprint density at radius 1 is 1.15 bits per heavy atom. The highest BCUT2D eigenvalue weighted by atomic mass is 32.2. The minimum Gasteiger partial charge on any atom is -0.497 e. The van der Waals surface area contributed by atoms with Gasteiger partial charge in [0.15, 0.2) is 0 Å². The first-order valence-electron chi connectivity index (χ1n) is 8.78. The summed E-state index contributed by atoms with van der Waals surface area (Å²) in [5, 5.41) is 2.83. The number of nitrogens with one attached hydrogen (secondary N) is 1. The standard InChI is InChI=1S/C20H26N2O4S/c1-16(20(23)21-14-8-11-17-9-5-4-6-10-17)22(27(3,24)25)18-12-7-13-19(15-18)26-2/h4-7,9-10,12-13,15-16H,8,11,14H2,1-3H3,(H,21,23)/t16-/m1/s1. The first kappa shape index (κ1) is 20.8. The number of carbonyl (C=O) groups excluding carboxylic acids is 1. The van der Waals surface area contributed by atoms with Crippen LogP contribution in [0.15, 0.2) is 54.6 Å². The summed E-state index contributed by atoms with van der Waals surface area (Å²) in [5.74, 6) is 0.188. The predicted molar refractivity (Wildman–Crippen MR) is 108 cm³/mol. The van der Waals surface area contributed by atoms with Crippen LogP contribution in [-0.4, -0.2) is 40.3 Å². The summed E-state index contributed by atoms with van der Waals surface area (Å²) in [5.41, 5.74) is 1.60. The highest BCUT2D eigenvalue weighted by Crippen LogP contribution is 2.25. The van der Waals surface area contributed by atoms with Crippen LogP contribution in [0.2, 0.25) is 0 Å². The summed E-state index contributed by atoms with van der Waals surface area (Å²) in [7, 11) is -2.14. The first-order valence-corrected chi connectivity index (χ1v) is 10.6. The van der Waals surface area contributed by atoms with E-state index in [0.717, 1.165) is 23.4 Å². The van der Waals surface area contributed by atoms with E-state index in [1.807, 2.05) is 30.3 Å². The monoisotopic (exact) mass is 390 g/mol. The fraction of sp³-hybridized carbons (Fsp3) is 0.350. The van der Waals surface area contributed by atoms with Crippen LogP contribution >= 0.6 is 0 Å². The molecule has 146 valence electrons. The molecule has 2 rings (SSSR count). The zero-order valence-corrected chi connectivity index (χ0v) is 16.7. The summed E-state index contributed by atoms with van der Waals surface area (Å²) < 4.78 is 30.9. The molecule has 0 bridgehead atoms. The quantitative estimate of drug-likeness (QED) is 0.668. The number of methoxy groups -OCH3 is 1. The average molecular weight is 391 g/mol. The Morgan fingerprint density at radius 2 is 1.85 bits per heavy atom. The minimum atomic E-state index is -3.64. The topological polar surface area (TPSA) is 75.7 Å². The van der Waals surface area contributed by atoms with E-state index in [0.29, 0.717) is 18.0 Å². The summed E-state index contributed by atoms with van der Waals surface area (Å²) in [4.78, 5) is 12.5. The van der Waals surface area contributed by atoms with Crippen molar-refractivity contribution in [1.29, 1.82) is 0 Å². The fourth-order valence-electron chi connectivity index (χ4n) is 2.85. The molecule has 27 heavy (non-hydrogen) atoms. The summed E-state index contributed by atoms with van der Waals surface area (Å²) in [6.07, 6.45) is 2.72. The maximum absolute atomic E-state index is 12.5. The smallest absolute Gasteiger partial charge is 0.243 e. The molecule has 0 aliphatic rings. The lowest BCUT2D eigenvalue weighted by molar-refractivity contribution is -0.121. The van der Waals surface area contributed by atoms with Crippen LogP contribution in [0, 0.1) is 0 Å². The molecule has 0 radical (unpaired) electrons. The normalized spacial score (nSPS) is 12.3. The number of hydrogen-bond donors (Lipinski definition) is 1. The fourth-order valence-corrected chi connectivity index (χ4v) is 4.02. The molecule has 7 heteroatoms. The molecule has 1 N–H and O–H groups in total. The van der Waals surface area contributed by atoms with E-state index >= 15 is 0 Å². The van der Waals surface area contributed by atoms with E-state index in [1.54, 1.807) is 31.2 Å². The van der Waals surface area contributed by atoms with Gasteiger partial charge in [-0.1, -0.05) is 36.4 Å². The predicted octanol–water partition coefficient (Wildman–Crippen LogP) is 2.60. The van der Waals surface area contributed by atoms with Crippen LogP contribution in [-0.2, 0) is 21.2 Å². The number of aryl methyl sites for hydroxylation is 1. The lowest BCUT2D eigenvalue weighted by Gasteiger charge is -2.28. The van der Waals surface area contributed by atoms with Gasteiger partial charge in [-0.3, -0.25) is 9.10 Å². The molecule has 2 aromatic carbocycles. The Morgan fingerprint density at radius 3 is 2.48 bits per heavy atom. The third-order valence-electron chi connectivity index (χ3n) is 4.18. The minimum absolute atomic E-state index is 0.337. The van der Waals surface area contributed by atoms with Crippen LogP contribution in [0.3, 0.4) is 0 Å². The van der Waals surface area contributed by atoms with Gasteiger partial charge in [-0.2, -0.15) is 0 Å². The van der Waals surface area contributed by atoms with Gasteiger partial charge in [0.2, 0.25) is 15.9 Å². The number of nitrogens with zero attached hydrogens (tertiary/aromatic N) is 1. The van der Waals surface area contributed by atoms with Crippen LogP contribution < -0.4 is 14.4 Å². The Kier molecular flexibility index (Phi) is 7.24. The molecule has 0 aromatic heterocycles. The Balaban J connectivity index is 2.02. The Labute approximate surface area is 161 Å². The van der Waals surface area contributed by atoms with Gasteiger partial charge in [0.05, 0.1) is 19.1 Å². The van der Waals surface area contributed by atoms with Crippen molar-refractivity contribution < 1.29 is 17.9 Å². The van der Waals surface area contributed by atoms with Gasteiger partial charge in [-0.05, 0) is 37.5 Å². The van der Waals surface area contributed by atoms with E-state index in [1.165, 1.54) is 12.7 Å². The second-order valence-electron chi connectivity index (χ2n) is 6.32. The molecule has 0 spiro atoms. The van der Waals surface area contributed by atoms with Gasteiger partial charge in [-0.15, -0.1) is 0 Å². The maximum Gasteiger partial charge on any atom is 0.243 e. The maximum atomic E-state index is 12.5. The van der Waals surface area contributed by atoms with Crippen molar-refractivity contribution in [2.24, 2.45) is 0 Å². The molecular weight excluding hydrogens is 364 g/mol. The van der Waals surface area contributed by atoms with Gasteiger partial charge in [0, 0.05) is 12.6 Å². The van der Waals surface area contributed by atoms with Crippen molar-refractivity contribution in [2.45, 2.75) is 25.8 Å². The van der Waals surface area contributed by atoms with Crippen molar-refractivity contribution in [1.82, 2.24) is 5.32 Å². The number of rotatable bonds is 9. The molecule has 0 aliphatic carbocycles. The van der Waals surface area contributed by atoms with Gasteiger partial charge in [0.1, 0.15) is 11.8 Å². The largest absolute Gasteiger partial charge is 0.497 e. The molecule has 6 nitrogen and oxygen atoms in total. The zero-order valence-electron chi connectivity index (χ0n) is 15.9. The van der Waals surface area contributed by atoms with Gasteiger partial charge >= 0.3 is 0 Å². The highest BCUT2D eigenvalue weighted by molar-refractivity contribution is 7.92. The third kappa shape index (κ3) is 5.99. The lowest BCUT2D eigenvalue weighted by atomic mass is 10.1. The Bertz CT molecular complexity index is 853. The SMILES string of the molecule is COc1cccc(N([C@H](C)C(=O)NCCCc2ccccc2)S(C)(=O)=O)c1. The van der Waals surface area contributed by atoms with Crippen molar-refractivity contribution in [3.63, 3.8) is 0 Å². The van der Waals surface area contributed by atoms with Crippen molar-refractivity contribution in [3.05, 3.63) is 60.2 Å². The second kappa shape index (κ2) is 9.41. The van der Waals surface area contributed by atoms with Crippen LogP contribution in [0.5, 0.6) is 5.75 Å². The number of hydrogen-bond acceptors (Lipinski definition) is 4. The van der Waals surface area contributed by atoms with E-state index in [4.69, 9.17) is 4.74 Å². The summed E-state index contributed by atoms with van der Waals surface area (Å²) >= 11 is 0. The molecule has 0 heterocycles.